The lowest BCUT2D eigenvalue weighted by molar-refractivity contribution is 0.0855. The van der Waals surface area contributed by atoms with Gasteiger partial charge in [0.05, 0.1) is 10.2 Å². The topological polar surface area (TPSA) is 54.9 Å². The Balaban J connectivity index is 1.62. The van der Waals surface area contributed by atoms with E-state index in [2.05, 4.69) is 21.4 Å². The van der Waals surface area contributed by atoms with E-state index in [0.717, 1.165) is 27.0 Å². The molecule has 128 valence electrons. The maximum Gasteiger partial charge on any atom is 0.270 e. The molecular weight excluding hydrogens is 337 g/mol. The first-order chi connectivity index (χ1) is 12.1. The summed E-state index contributed by atoms with van der Waals surface area (Å²) in [4.78, 5) is 21.3. The van der Waals surface area contributed by atoms with Gasteiger partial charge in [0.25, 0.3) is 5.91 Å². The molecule has 1 amide bonds. The molecule has 0 atom stereocenters. The van der Waals surface area contributed by atoms with E-state index < -0.39 is 6.17 Å². The van der Waals surface area contributed by atoms with Crippen LogP contribution in [0.3, 0.4) is 0 Å². The van der Waals surface area contributed by atoms with Crippen LogP contribution >= 0.6 is 11.3 Å². The molecule has 0 unspecified atom stereocenters. The third-order valence-corrected chi connectivity index (χ3v) is 5.48. The number of alkyl halides is 1. The minimum atomic E-state index is -0.790. The van der Waals surface area contributed by atoms with E-state index in [0.29, 0.717) is 25.0 Å². The Bertz CT molecular complexity index is 916. The third-order valence-electron chi connectivity index (χ3n) is 4.50. The SMILES string of the molecule is Cc1ccc(Cc2cc(C(=O)NC3CC(F)C3)nc3ccsc23)cn1. The predicted octanol–water partition coefficient (Wildman–Crippen LogP) is 3.82. The summed E-state index contributed by atoms with van der Waals surface area (Å²) in [6.07, 6.45) is 2.57. The molecule has 4 nitrogen and oxygen atoms in total. The number of nitrogens with zero attached hydrogens (tertiary/aromatic N) is 2. The van der Waals surface area contributed by atoms with Gasteiger partial charge in [0.2, 0.25) is 0 Å². The highest BCUT2D eigenvalue weighted by molar-refractivity contribution is 7.17. The molecule has 0 bridgehead atoms. The first-order valence-electron chi connectivity index (χ1n) is 8.32. The van der Waals surface area contributed by atoms with Crippen molar-refractivity contribution in [2.45, 2.75) is 38.4 Å². The zero-order chi connectivity index (χ0) is 17.4. The number of aryl methyl sites for hydroxylation is 1. The number of halogens is 1. The first kappa shape index (κ1) is 16.1. The fourth-order valence-corrected chi connectivity index (χ4v) is 3.87. The van der Waals surface area contributed by atoms with E-state index in [4.69, 9.17) is 0 Å². The van der Waals surface area contributed by atoms with Crippen LogP contribution in [-0.2, 0) is 6.42 Å². The zero-order valence-electron chi connectivity index (χ0n) is 13.8. The Labute approximate surface area is 149 Å². The van der Waals surface area contributed by atoms with E-state index in [1.807, 2.05) is 36.7 Å². The summed E-state index contributed by atoms with van der Waals surface area (Å²) in [6.45, 7) is 1.96. The van der Waals surface area contributed by atoms with Gasteiger partial charge >= 0.3 is 0 Å². The van der Waals surface area contributed by atoms with Gasteiger partial charge in [-0.2, -0.15) is 0 Å². The highest BCUT2D eigenvalue weighted by atomic mass is 32.1. The highest BCUT2D eigenvalue weighted by Gasteiger charge is 2.30. The van der Waals surface area contributed by atoms with Crippen molar-refractivity contribution in [2.75, 3.05) is 0 Å². The second-order valence-electron chi connectivity index (χ2n) is 6.53. The summed E-state index contributed by atoms with van der Waals surface area (Å²) in [5.74, 6) is -0.228. The number of aromatic nitrogens is 2. The lowest BCUT2D eigenvalue weighted by Gasteiger charge is -2.30. The van der Waals surface area contributed by atoms with Crippen molar-refractivity contribution in [3.05, 3.63) is 58.4 Å². The minimum absolute atomic E-state index is 0.0766. The molecule has 3 heterocycles. The van der Waals surface area contributed by atoms with Crippen molar-refractivity contribution in [3.8, 4) is 0 Å². The summed E-state index contributed by atoms with van der Waals surface area (Å²) < 4.78 is 14.0. The fraction of sp³-hybridized carbons (Fsp3) is 0.316. The summed E-state index contributed by atoms with van der Waals surface area (Å²) in [5, 5.41) is 4.85. The average molecular weight is 355 g/mol. The number of carbonyl (C=O) groups excluding carboxylic acids is 1. The maximum atomic E-state index is 13.0. The Morgan fingerprint density at radius 2 is 2.20 bits per heavy atom. The number of fused-ring (bicyclic) bond motifs is 1. The van der Waals surface area contributed by atoms with Crippen LogP contribution in [0.1, 0.15) is 40.2 Å². The molecule has 0 saturated heterocycles. The van der Waals surface area contributed by atoms with Crippen molar-refractivity contribution in [1.82, 2.24) is 15.3 Å². The van der Waals surface area contributed by atoms with Crippen LogP contribution in [0.4, 0.5) is 4.39 Å². The van der Waals surface area contributed by atoms with Gasteiger partial charge < -0.3 is 5.32 Å². The van der Waals surface area contributed by atoms with Gasteiger partial charge in [-0.15, -0.1) is 11.3 Å². The summed E-state index contributed by atoms with van der Waals surface area (Å²) in [5.41, 5.74) is 4.35. The maximum absolute atomic E-state index is 13.0. The van der Waals surface area contributed by atoms with Gasteiger partial charge in [0.15, 0.2) is 0 Å². The number of rotatable bonds is 4. The number of hydrogen-bond acceptors (Lipinski definition) is 4. The zero-order valence-corrected chi connectivity index (χ0v) is 14.6. The standard InChI is InChI=1S/C19H18FN3OS/c1-11-2-3-12(10-21-11)6-13-7-17(23-16-4-5-25-18(13)16)19(24)22-15-8-14(20)9-15/h2-5,7,10,14-15H,6,8-9H2,1H3,(H,22,24). The van der Waals surface area contributed by atoms with Crippen LogP contribution in [0.15, 0.2) is 35.8 Å². The van der Waals surface area contributed by atoms with E-state index >= 15 is 0 Å². The minimum Gasteiger partial charge on any atom is -0.348 e. The van der Waals surface area contributed by atoms with Gasteiger partial charge in [-0.1, -0.05) is 6.07 Å². The molecule has 0 spiro atoms. The molecule has 25 heavy (non-hydrogen) atoms. The number of thiophene rings is 1. The molecule has 0 radical (unpaired) electrons. The van der Waals surface area contributed by atoms with E-state index in [-0.39, 0.29) is 11.9 Å². The van der Waals surface area contributed by atoms with Gasteiger partial charge in [-0.25, -0.2) is 9.37 Å². The van der Waals surface area contributed by atoms with Crippen molar-refractivity contribution >= 4 is 27.5 Å². The van der Waals surface area contributed by atoms with E-state index in [1.165, 1.54) is 0 Å². The average Bonchev–Trinajstić information content (AvgIpc) is 3.04. The quantitative estimate of drug-likeness (QED) is 0.774. The summed E-state index contributed by atoms with van der Waals surface area (Å²) >= 11 is 1.62. The van der Waals surface area contributed by atoms with E-state index in [1.54, 1.807) is 11.3 Å². The van der Waals surface area contributed by atoms with Crippen LogP contribution in [-0.4, -0.2) is 28.1 Å². The monoisotopic (exact) mass is 355 g/mol. The number of carbonyl (C=O) groups is 1. The molecule has 0 aliphatic heterocycles. The number of amides is 1. The summed E-state index contributed by atoms with van der Waals surface area (Å²) in [6, 6.07) is 7.73. The van der Waals surface area contributed by atoms with Crippen molar-refractivity contribution in [2.24, 2.45) is 0 Å². The Hall–Kier alpha value is -2.34. The molecule has 4 rings (SSSR count). The number of nitrogens with one attached hydrogen (secondary N) is 1. The molecule has 1 aliphatic carbocycles. The van der Waals surface area contributed by atoms with Crippen LogP contribution in [0, 0.1) is 6.92 Å². The lowest BCUT2D eigenvalue weighted by atomic mass is 9.90. The van der Waals surface area contributed by atoms with Crippen molar-refractivity contribution in [3.63, 3.8) is 0 Å². The van der Waals surface area contributed by atoms with Crippen molar-refractivity contribution < 1.29 is 9.18 Å². The van der Waals surface area contributed by atoms with Gasteiger partial charge in [-0.3, -0.25) is 9.78 Å². The number of hydrogen-bond donors (Lipinski definition) is 1. The Morgan fingerprint density at radius 1 is 1.36 bits per heavy atom. The molecule has 1 fully saturated rings. The second-order valence-corrected chi connectivity index (χ2v) is 7.44. The van der Waals surface area contributed by atoms with Gasteiger partial charge in [0, 0.05) is 24.4 Å². The molecule has 0 aromatic carbocycles. The van der Waals surface area contributed by atoms with Crippen molar-refractivity contribution in [1.29, 1.82) is 0 Å². The smallest absolute Gasteiger partial charge is 0.270 e. The Morgan fingerprint density at radius 3 is 2.92 bits per heavy atom. The van der Waals surface area contributed by atoms with Crippen LogP contribution in [0.2, 0.25) is 0 Å². The molecule has 6 heteroatoms. The Kier molecular flexibility index (Phi) is 4.21. The molecule has 3 aromatic heterocycles. The van der Waals surface area contributed by atoms with Crippen LogP contribution in [0.25, 0.3) is 10.2 Å². The number of pyridine rings is 2. The molecule has 1 saturated carbocycles. The molecule has 3 aromatic rings. The fourth-order valence-electron chi connectivity index (χ4n) is 3.02. The van der Waals surface area contributed by atoms with E-state index in [9.17, 15) is 9.18 Å². The van der Waals surface area contributed by atoms with Crippen LogP contribution in [0.5, 0.6) is 0 Å². The largest absolute Gasteiger partial charge is 0.348 e. The first-order valence-corrected chi connectivity index (χ1v) is 9.20. The highest BCUT2D eigenvalue weighted by Crippen LogP contribution is 2.27. The van der Waals surface area contributed by atoms with Gasteiger partial charge in [-0.05, 0) is 54.5 Å². The second kappa shape index (κ2) is 6.52. The molecule has 1 N–H and O–H groups in total. The van der Waals surface area contributed by atoms with Crippen LogP contribution < -0.4 is 5.32 Å². The molecular formula is C19H18FN3OS. The van der Waals surface area contributed by atoms with Gasteiger partial charge in [0.1, 0.15) is 11.9 Å². The lowest BCUT2D eigenvalue weighted by Crippen LogP contribution is -2.45. The normalized spacial score (nSPS) is 19.6. The molecule has 1 aliphatic rings. The summed E-state index contributed by atoms with van der Waals surface area (Å²) in [7, 11) is 0. The third kappa shape index (κ3) is 3.39. The predicted molar refractivity (Wildman–Crippen MR) is 96.8 cm³/mol.